The van der Waals surface area contributed by atoms with Crippen LogP contribution in [-0.4, -0.2) is 26.7 Å². The van der Waals surface area contributed by atoms with Crippen LogP contribution >= 0.6 is 15.9 Å². The summed E-state index contributed by atoms with van der Waals surface area (Å²) >= 11 is 3.54. The molecule has 3 heterocycles. The van der Waals surface area contributed by atoms with Gasteiger partial charge >= 0.3 is 0 Å². The van der Waals surface area contributed by atoms with E-state index in [0.717, 1.165) is 26.9 Å². The number of carbonyl (C=O) groups excluding carboxylic acids is 1. The second-order valence-electron chi connectivity index (χ2n) is 5.98. The van der Waals surface area contributed by atoms with Crippen LogP contribution in [-0.2, 0) is 6.54 Å². The van der Waals surface area contributed by atoms with Crippen molar-refractivity contribution >= 4 is 27.5 Å². The topological polar surface area (TPSA) is 37.6 Å². The Labute approximate surface area is 142 Å². The van der Waals surface area contributed by atoms with Gasteiger partial charge in [0.15, 0.2) is 0 Å². The summed E-state index contributed by atoms with van der Waals surface area (Å²) in [5.41, 5.74) is 3.84. The summed E-state index contributed by atoms with van der Waals surface area (Å²) in [6.45, 7) is 3.45. The molecule has 2 aromatic heterocycles. The zero-order valence-electron chi connectivity index (χ0n) is 12.7. The number of hydrogen-bond donors (Lipinski definition) is 0. The van der Waals surface area contributed by atoms with Gasteiger partial charge in [-0.25, -0.2) is 4.98 Å². The van der Waals surface area contributed by atoms with Gasteiger partial charge in [0.05, 0.1) is 5.69 Å². The van der Waals surface area contributed by atoms with Crippen molar-refractivity contribution in [2.45, 2.75) is 19.4 Å². The number of benzene rings is 1. The highest BCUT2D eigenvalue weighted by Crippen LogP contribution is 2.30. The number of carbonyl (C=O) groups is 1. The molecule has 1 unspecified atom stereocenters. The predicted octanol–water partition coefficient (Wildman–Crippen LogP) is 3.86. The third-order valence-corrected chi connectivity index (χ3v) is 5.11. The molecule has 5 heteroatoms. The van der Waals surface area contributed by atoms with E-state index in [1.807, 2.05) is 58.1 Å². The Morgan fingerprint density at radius 2 is 2.13 bits per heavy atom. The Balaban J connectivity index is 1.57. The first-order chi connectivity index (χ1) is 11.1. The van der Waals surface area contributed by atoms with Gasteiger partial charge in [0.1, 0.15) is 5.65 Å². The highest BCUT2D eigenvalue weighted by atomic mass is 79.9. The molecule has 0 aliphatic carbocycles. The first-order valence-electron chi connectivity index (χ1n) is 7.64. The number of rotatable bonds is 3. The molecule has 1 amide bonds. The van der Waals surface area contributed by atoms with Crippen LogP contribution in [0, 0.1) is 0 Å². The standard InChI is InChI=1S/C18H16BrN3O/c1-12(16-11-21-8-3-2-7-17(21)20-16)9-22-10-14-13(18(22)23)5-4-6-15(14)19/h2-8,11-12H,9-10H2,1H3. The van der Waals surface area contributed by atoms with E-state index in [1.165, 1.54) is 0 Å². The molecule has 0 bridgehead atoms. The number of nitrogens with zero attached hydrogens (tertiary/aromatic N) is 3. The second-order valence-corrected chi connectivity index (χ2v) is 6.84. The van der Waals surface area contributed by atoms with Gasteiger partial charge < -0.3 is 9.30 Å². The zero-order valence-corrected chi connectivity index (χ0v) is 14.3. The molecule has 1 aliphatic heterocycles. The third-order valence-electron chi connectivity index (χ3n) is 4.37. The van der Waals surface area contributed by atoms with Crippen molar-refractivity contribution in [3.8, 4) is 0 Å². The lowest BCUT2D eigenvalue weighted by atomic mass is 10.1. The van der Waals surface area contributed by atoms with Crippen LogP contribution in [0.25, 0.3) is 5.65 Å². The van der Waals surface area contributed by atoms with E-state index in [4.69, 9.17) is 0 Å². The predicted molar refractivity (Wildman–Crippen MR) is 92.5 cm³/mol. The van der Waals surface area contributed by atoms with Crippen LogP contribution in [0.3, 0.4) is 0 Å². The summed E-state index contributed by atoms with van der Waals surface area (Å²) in [5.74, 6) is 0.295. The lowest BCUT2D eigenvalue weighted by Crippen LogP contribution is -2.28. The Kier molecular flexibility index (Phi) is 3.45. The van der Waals surface area contributed by atoms with Gasteiger partial charge in [0, 0.05) is 41.4 Å². The van der Waals surface area contributed by atoms with E-state index in [-0.39, 0.29) is 11.8 Å². The fraction of sp³-hybridized carbons (Fsp3) is 0.222. The van der Waals surface area contributed by atoms with Crippen molar-refractivity contribution < 1.29 is 4.79 Å². The zero-order chi connectivity index (χ0) is 16.0. The van der Waals surface area contributed by atoms with E-state index in [0.29, 0.717) is 13.1 Å². The number of pyridine rings is 1. The SMILES string of the molecule is CC(CN1Cc2c(Br)cccc2C1=O)c1cn2ccccc2n1. The van der Waals surface area contributed by atoms with E-state index in [1.54, 1.807) is 0 Å². The van der Waals surface area contributed by atoms with Crippen molar-refractivity contribution in [2.24, 2.45) is 0 Å². The molecule has 0 fully saturated rings. The van der Waals surface area contributed by atoms with Gasteiger partial charge in [-0.2, -0.15) is 0 Å². The van der Waals surface area contributed by atoms with Crippen molar-refractivity contribution in [1.29, 1.82) is 0 Å². The number of amides is 1. The molecule has 0 spiro atoms. The second kappa shape index (κ2) is 5.49. The first kappa shape index (κ1) is 14.5. The maximum absolute atomic E-state index is 12.6. The third kappa shape index (κ3) is 2.45. The smallest absolute Gasteiger partial charge is 0.254 e. The number of aromatic nitrogens is 2. The Morgan fingerprint density at radius 1 is 1.26 bits per heavy atom. The van der Waals surface area contributed by atoms with E-state index in [9.17, 15) is 4.79 Å². The van der Waals surface area contributed by atoms with E-state index < -0.39 is 0 Å². The molecular weight excluding hydrogens is 354 g/mol. The van der Waals surface area contributed by atoms with Crippen LogP contribution in [0.5, 0.6) is 0 Å². The summed E-state index contributed by atoms with van der Waals surface area (Å²) in [4.78, 5) is 19.1. The number of hydrogen-bond acceptors (Lipinski definition) is 2. The van der Waals surface area contributed by atoms with Crippen molar-refractivity contribution in [1.82, 2.24) is 14.3 Å². The molecule has 1 atom stereocenters. The monoisotopic (exact) mass is 369 g/mol. The molecule has 0 saturated carbocycles. The summed E-state index contributed by atoms with van der Waals surface area (Å²) in [6, 6.07) is 11.8. The van der Waals surface area contributed by atoms with Crippen LogP contribution in [0.1, 0.15) is 34.5 Å². The summed E-state index contributed by atoms with van der Waals surface area (Å²) in [6.07, 6.45) is 4.04. The first-order valence-corrected chi connectivity index (χ1v) is 8.43. The highest BCUT2D eigenvalue weighted by molar-refractivity contribution is 9.10. The normalized spacial score (nSPS) is 15.2. The minimum atomic E-state index is 0.108. The minimum Gasteiger partial charge on any atom is -0.334 e. The maximum atomic E-state index is 12.6. The molecule has 23 heavy (non-hydrogen) atoms. The van der Waals surface area contributed by atoms with Crippen LogP contribution in [0.15, 0.2) is 53.3 Å². The van der Waals surface area contributed by atoms with E-state index >= 15 is 0 Å². The largest absolute Gasteiger partial charge is 0.334 e. The molecular formula is C18H16BrN3O. The molecule has 0 saturated heterocycles. The van der Waals surface area contributed by atoms with Crippen LogP contribution in [0.2, 0.25) is 0 Å². The molecule has 3 aromatic rings. The van der Waals surface area contributed by atoms with E-state index in [2.05, 4.69) is 27.8 Å². The fourth-order valence-electron chi connectivity index (χ4n) is 3.12. The van der Waals surface area contributed by atoms with Crippen molar-refractivity contribution in [3.05, 3.63) is 70.1 Å². The average molecular weight is 370 g/mol. The van der Waals surface area contributed by atoms with Crippen LogP contribution < -0.4 is 0 Å². The molecule has 0 radical (unpaired) electrons. The van der Waals surface area contributed by atoms with Crippen molar-refractivity contribution in [2.75, 3.05) is 6.54 Å². The van der Waals surface area contributed by atoms with Gasteiger partial charge in [-0.1, -0.05) is 35.0 Å². The Bertz CT molecular complexity index is 869. The number of fused-ring (bicyclic) bond motifs is 2. The van der Waals surface area contributed by atoms with Crippen molar-refractivity contribution in [3.63, 3.8) is 0 Å². The van der Waals surface area contributed by atoms with Gasteiger partial charge in [-0.3, -0.25) is 4.79 Å². The summed E-state index contributed by atoms with van der Waals surface area (Å²) < 4.78 is 3.02. The Morgan fingerprint density at radius 3 is 2.91 bits per heavy atom. The lowest BCUT2D eigenvalue weighted by molar-refractivity contribution is 0.0770. The highest BCUT2D eigenvalue weighted by Gasteiger charge is 2.30. The van der Waals surface area contributed by atoms with Gasteiger partial charge in [-0.05, 0) is 29.8 Å². The molecule has 4 rings (SSSR count). The maximum Gasteiger partial charge on any atom is 0.254 e. The van der Waals surface area contributed by atoms with Gasteiger partial charge in [0.2, 0.25) is 0 Å². The lowest BCUT2D eigenvalue weighted by Gasteiger charge is -2.19. The molecule has 1 aromatic carbocycles. The average Bonchev–Trinajstić information content (AvgIpc) is 3.11. The molecule has 4 nitrogen and oxygen atoms in total. The quantitative estimate of drug-likeness (QED) is 0.702. The minimum absolute atomic E-state index is 0.108. The fourth-order valence-corrected chi connectivity index (χ4v) is 3.61. The summed E-state index contributed by atoms with van der Waals surface area (Å²) in [5, 5.41) is 0. The van der Waals surface area contributed by atoms with Crippen LogP contribution in [0.4, 0.5) is 0 Å². The molecule has 116 valence electrons. The van der Waals surface area contributed by atoms with Gasteiger partial charge in [-0.15, -0.1) is 0 Å². The summed E-state index contributed by atoms with van der Waals surface area (Å²) in [7, 11) is 0. The molecule has 1 aliphatic rings. The van der Waals surface area contributed by atoms with Gasteiger partial charge in [0.25, 0.3) is 5.91 Å². The Hall–Kier alpha value is -2.14. The molecule has 0 N–H and O–H groups in total. The number of imidazole rings is 1. The number of halogens is 1.